The molecule has 0 saturated carbocycles. The molecule has 8 nitrogen and oxygen atoms in total. The van der Waals surface area contributed by atoms with Gasteiger partial charge in [0.2, 0.25) is 15.9 Å². The Morgan fingerprint density at radius 3 is 2.21 bits per heavy atom. The van der Waals surface area contributed by atoms with Crippen LogP contribution in [0.5, 0.6) is 17.2 Å². The second kappa shape index (κ2) is 9.74. The van der Waals surface area contributed by atoms with Gasteiger partial charge in [-0.25, -0.2) is 8.42 Å². The van der Waals surface area contributed by atoms with Crippen molar-refractivity contribution in [2.24, 2.45) is 0 Å². The molecule has 0 fully saturated rings. The van der Waals surface area contributed by atoms with E-state index in [2.05, 4.69) is 5.32 Å². The highest BCUT2D eigenvalue weighted by Gasteiger charge is 2.39. The van der Waals surface area contributed by atoms with Crippen molar-refractivity contribution in [2.45, 2.75) is 23.9 Å². The highest BCUT2D eigenvalue weighted by molar-refractivity contribution is 7.89. The van der Waals surface area contributed by atoms with Crippen LogP contribution in [0.25, 0.3) is 0 Å². The van der Waals surface area contributed by atoms with E-state index in [1.165, 1.54) is 37.8 Å². The number of benzene rings is 3. The number of amides is 1. The maximum Gasteiger partial charge on any atom is 0.244 e. The van der Waals surface area contributed by atoms with E-state index in [4.69, 9.17) is 14.2 Å². The Kier molecular flexibility index (Phi) is 6.76. The molecule has 178 valence electrons. The van der Waals surface area contributed by atoms with E-state index in [1.54, 1.807) is 30.3 Å². The first-order chi connectivity index (χ1) is 16.4. The molecule has 0 spiro atoms. The standard InChI is InChI=1S/C25H26N2O6S/c1-31-20-9-11-21(12-10-20)34(29,30)27-16-18-7-5-4-6-17(18)14-22(27)25(28)26-19-8-13-23(32-2)24(15-19)33-3/h4-13,15,22H,14,16H2,1-3H3,(H,26,28). The summed E-state index contributed by atoms with van der Waals surface area (Å²) in [5.74, 6) is 1.09. The number of sulfonamides is 1. The second-order valence-corrected chi connectivity index (χ2v) is 9.66. The molecular formula is C25H26N2O6S. The molecule has 1 atom stereocenters. The highest BCUT2D eigenvalue weighted by atomic mass is 32.2. The molecule has 4 rings (SSSR count). The van der Waals surface area contributed by atoms with Gasteiger partial charge in [-0.3, -0.25) is 4.79 Å². The molecule has 1 N–H and O–H groups in total. The summed E-state index contributed by atoms with van der Waals surface area (Å²) in [4.78, 5) is 13.5. The number of fused-ring (bicyclic) bond motifs is 1. The zero-order valence-electron chi connectivity index (χ0n) is 19.1. The van der Waals surface area contributed by atoms with Crippen molar-refractivity contribution >= 4 is 21.6 Å². The Labute approximate surface area is 199 Å². The van der Waals surface area contributed by atoms with Crippen LogP contribution >= 0.6 is 0 Å². The minimum absolute atomic E-state index is 0.0918. The van der Waals surface area contributed by atoms with Crippen LogP contribution in [0.3, 0.4) is 0 Å². The van der Waals surface area contributed by atoms with Gasteiger partial charge in [-0.1, -0.05) is 24.3 Å². The Bertz CT molecular complexity index is 1290. The van der Waals surface area contributed by atoms with Crippen LogP contribution in [0.4, 0.5) is 5.69 Å². The summed E-state index contributed by atoms with van der Waals surface area (Å²) in [5, 5.41) is 2.84. The number of ether oxygens (including phenoxy) is 3. The number of rotatable bonds is 7. The monoisotopic (exact) mass is 482 g/mol. The third kappa shape index (κ3) is 4.57. The Morgan fingerprint density at radius 2 is 1.56 bits per heavy atom. The molecular weight excluding hydrogens is 456 g/mol. The zero-order chi connectivity index (χ0) is 24.3. The molecule has 1 aliphatic heterocycles. The van der Waals surface area contributed by atoms with E-state index in [-0.39, 0.29) is 17.9 Å². The molecule has 1 heterocycles. The van der Waals surface area contributed by atoms with Gasteiger partial charge in [-0.15, -0.1) is 0 Å². The first-order valence-electron chi connectivity index (χ1n) is 10.6. The van der Waals surface area contributed by atoms with Gasteiger partial charge < -0.3 is 19.5 Å². The Morgan fingerprint density at radius 1 is 0.882 bits per heavy atom. The van der Waals surface area contributed by atoms with Crippen LogP contribution in [0.15, 0.2) is 71.6 Å². The van der Waals surface area contributed by atoms with Gasteiger partial charge in [0.05, 0.1) is 26.2 Å². The van der Waals surface area contributed by atoms with Crippen molar-refractivity contribution < 1.29 is 27.4 Å². The average molecular weight is 483 g/mol. The molecule has 1 amide bonds. The zero-order valence-corrected chi connectivity index (χ0v) is 20.0. The first-order valence-corrected chi connectivity index (χ1v) is 12.1. The molecule has 0 radical (unpaired) electrons. The van der Waals surface area contributed by atoms with Gasteiger partial charge in [0.25, 0.3) is 0 Å². The largest absolute Gasteiger partial charge is 0.497 e. The fraction of sp³-hybridized carbons (Fsp3) is 0.240. The molecule has 0 aliphatic carbocycles. The summed E-state index contributed by atoms with van der Waals surface area (Å²) >= 11 is 0. The number of carbonyl (C=O) groups is 1. The van der Waals surface area contributed by atoms with Crippen LogP contribution in [-0.4, -0.2) is 46.0 Å². The fourth-order valence-corrected chi connectivity index (χ4v) is 5.56. The average Bonchev–Trinajstić information content (AvgIpc) is 2.87. The third-order valence-corrected chi connectivity index (χ3v) is 7.69. The minimum atomic E-state index is -3.97. The number of anilines is 1. The topological polar surface area (TPSA) is 94.2 Å². The molecule has 1 unspecified atom stereocenters. The SMILES string of the molecule is COc1ccc(S(=O)(=O)N2Cc3ccccc3CC2C(=O)Nc2ccc(OC)c(OC)c2)cc1. The van der Waals surface area contributed by atoms with E-state index in [0.717, 1.165) is 11.1 Å². The summed E-state index contributed by atoms with van der Waals surface area (Å²) in [5.41, 5.74) is 2.29. The fourth-order valence-electron chi connectivity index (χ4n) is 4.00. The van der Waals surface area contributed by atoms with Gasteiger partial charge in [-0.05, 0) is 53.9 Å². The molecule has 0 bridgehead atoms. The van der Waals surface area contributed by atoms with Crippen LogP contribution in [0, 0.1) is 0 Å². The molecule has 34 heavy (non-hydrogen) atoms. The quantitative estimate of drug-likeness (QED) is 0.554. The normalized spacial score (nSPS) is 15.8. The van der Waals surface area contributed by atoms with E-state index in [9.17, 15) is 13.2 Å². The highest BCUT2D eigenvalue weighted by Crippen LogP contribution is 2.32. The Balaban J connectivity index is 1.68. The van der Waals surface area contributed by atoms with Crippen LogP contribution in [0.2, 0.25) is 0 Å². The van der Waals surface area contributed by atoms with Crippen LogP contribution in [-0.2, 0) is 27.8 Å². The lowest BCUT2D eigenvalue weighted by Gasteiger charge is -2.35. The number of methoxy groups -OCH3 is 3. The van der Waals surface area contributed by atoms with Crippen LogP contribution < -0.4 is 19.5 Å². The number of carbonyl (C=O) groups excluding carboxylic acids is 1. The molecule has 0 saturated heterocycles. The van der Waals surface area contributed by atoms with Crippen molar-refractivity contribution in [1.29, 1.82) is 0 Å². The van der Waals surface area contributed by atoms with Crippen LogP contribution in [0.1, 0.15) is 11.1 Å². The number of hydrogen-bond acceptors (Lipinski definition) is 6. The number of hydrogen-bond donors (Lipinski definition) is 1. The number of nitrogens with zero attached hydrogens (tertiary/aromatic N) is 1. The van der Waals surface area contributed by atoms with E-state index in [1.807, 2.05) is 24.3 Å². The first kappa shape index (κ1) is 23.6. The predicted molar refractivity (Wildman–Crippen MR) is 128 cm³/mol. The second-order valence-electron chi connectivity index (χ2n) is 7.77. The number of nitrogens with one attached hydrogen (secondary N) is 1. The summed E-state index contributed by atoms with van der Waals surface area (Å²) in [6, 6.07) is 17.7. The maximum atomic E-state index is 13.6. The lowest BCUT2D eigenvalue weighted by atomic mass is 9.95. The van der Waals surface area contributed by atoms with Crippen molar-refractivity contribution in [2.75, 3.05) is 26.6 Å². The van der Waals surface area contributed by atoms with Gasteiger partial charge in [0, 0.05) is 18.3 Å². The molecule has 0 aromatic heterocycles. The third-order valence-electron chi connectivity index (χ3n) is 5.83. The minimum Gasteiger partial charge on any atom is -0.497 e. The van der Waals surface area contributed by atoms with E-state index >= 15 is 0 Å². The molecule has 1 aliphatic rings. The smallest absolute Gasteiger partial charge is 0.244 e. The van der Waals surface area contributed by atoms with Gasteiger partial charge >= 0.3 is 0 Å². The Hall–Kier alpha value is -3.56. The lowest BCUT2D eigenvalue weighted by Crippen LogP contribution is -2.50. The van der Waals surface area contributed by atoms with E-state index in [0.29, 0.717) is 22.9 Å². The summed E-state index contributed by atoms with van der Waals surface area (Å²) in [6.45, 7) is 0.0918. The van der Waals surface area contributed by atoms with E-state index < -0.39 is 22.0 Å². The van der Waals surface area contributed by atoms with Gasteiger partial charge in [0.15, 0.2) is 11.5 Å². The maximum absolute atomic E-state index is 13.6. The van der Waals surface area contributed by atoms with Crippen molar-refractivity contribution in [3.05, 3.63) is 77.9 Å². The lowest BCUT2D eigenvalue weighted by molar-refractivity contribution is -0.120. The molecule has 3 aromatic carbocycles. The van der Waals surface area contributed by atoms with Crippen molar-refractivity contribution in [3.8, 4) is 17.2 Å². The van der Waals surface area contributed by atoms with Crippen molar-refractivity contribution in [3.63, 3.8) is 0 Å². The summed E-state index contributed by atoms with van der Waals surface area (Å²) in [7, 11) is 0.576. The predicted octanol–water partition coefficient (Wildman–Crippen LogP) is 3.47. The summed E-state index contributed by atoms with van der Waals surface area (Å²) in [6.07, 6.45) is 0.255. The van der Waals surface area contributed by atoms with Gasteiger partial charge in [0.1, 0.15) is 11.8 Å². The molecule has 3 aromatic rings. The van der Waals surface area contributed by atoms with Crippen molar-refractivity contribution in [1.82, 2.24) is 4.31 Å². The van der Waals surface area contributed by atoms with Gasteiger partial charge in [-0.2, -0.15) is 4.31 Å². The summed E-state index contributed by atoms with van der Waals surface area (Å²) < 4.78 is 44.2. The molecule has 9 heteroatoms.